The second-order valence-corrected chi connectivity index (χ2v) is 15.0. The molecular weight excluding hydrogens is 548 g/mol. The number of benzene rings is 2. The van der Waals surface area contributed by atoms with Gasteiger partial charge >= 0.3 is 21.1 Å². The van der Waals surface area contributed by atoms with Gasteiger partial charge in [0.1, 0.15) is 0 Å². The molecule has 0 radical (unpaired) electrons. The van der Waals surface area contributed by atoms with Crippen LogP contribution in [0.3, 0.4) is 0 Å². The molecule has 0 saturated carbocycles. The van der Waals surface area contributed by atoms with Crippen LogP contribution in [0.15, 0.2) is 48.5 Å². The third-order valence-electron chi connectivity index (χ3n) is 9.38. The molecule has 3 heterocycles. The zero-order valence-corrected chi connectivity index (χ0v) is 28.9. The minimum absolute atomic E-state index is 0.245. The van der Waals surface area contributed by atoms with E-state index >= 15 is 0 Å². The van der Waals surface area contributed by atoms with E-state index in [4.69, 9.17) is 39.5 Å². The van der Waals surface area contributed by atoms with Crippen molar-refractivity contribution in [2.45, 2.75) is 131 Å². The number of rotatable bonds is 2. The molecule has 3 fully saturated rings. The molecule has 2 aromatic carbocycles. The van der Waals surface area contributed by atoms with Gasteiger partial charge in [-0.15, -0.1) is 0 Å². The Balaban J connectivity index is 0.000000185. The predicted molar refractivity (Wildman–Crippen MR) is 175 cm³/mol. The first kappa shape index (κ1) is 35.2. The highest BCUT2D eigenvalue weighted by atomic mass is 35.5. The van der Waals surface area contributed by atoms with Crippen molar-refractivity contribution in [1.82, 2.24) is 0 Å². The molecule has 10 heteroatoms. The Kier molecular flexibility index (Phi) is 10.2. The first-order valence-corrected chi connectivity index (χ1v) is 15.2. The summed E-state index contributed by atoms with van der Waals surface area (Å²) in [5.41, 5.74) is 1.62. The van der Waals surface area contributed by atoms with Gasteiger partial charge in [0.15, 0.2) is 0 Å². The number of halogens is 1. The summed E-state index contributed by atoms with van der Waals surface area (Å²) in [7, 11) is -1.20. The van der Waals surface area contributed by atoms with Crippen LogP contribution in [0.4, 0.5) is 0 Å². The van der Waals surface area contributed by atoms with E-state index in [1.807, 2.05) is 86.6 Å². The lowest BCUT2D eigenvalue weighted by atomic mass is 9.49. The zero-order valence-electron chi connectivity index (χ0n) is 28.2. The molecule has 0 atom stereocenters. The predicted octanol–water partition coefficient (Wildman–Crippen LogP) is 7.19. The SMILES string of the molecule is CC1(C)OB(B2OC(C)(C)C(C)(C)O2)OC1(C)C.Cc1ccc(B2OC(C)(C)C(C)(C)O2)cc1.Cc1ccc(Cl)cc1. The van der Waals surface area contributed by atoms with Crippen LogP contribution in [0.1, 0.15) is 94.2 Å². The van der Waals surface area contributed by atoms with Gasteiger partial charge in [0.05, 0.1) is 33.6 Å². The van der Waals surface area contributed by atoms with E-state index in [0.717, 1.165) is 10.5 Å². The summed E-state index contributed by atoms with van der Waals surface area (Å²) >= 11 is 5.61. The standard InChI is InChI=1S/C13H19BO2.C12H24B2O4.C7H7Cl/c1-10-6-8-11(9-7-10)14-15-12(2,3)13(4,5)16-14;1-9(2)10(3,4)16-13(15-9)14-17-11(5,6)12(7,8)18-14;1-6-2-4-7(8)5-3-6/h6-9H,1-5H3;1-8H3;2-5H,1H3. The van der Waals surface area contributed by atoms with Crippen LogP contribution in [0, 0.1) is 13.8 Å². The Labute approximate surface area is 260 Å². The fraction of sp³-hybridized carbons (Fsp3) is 0.625. The van der Waals surface area contributed by atoms with E-state index in [1.165, 1.54) is 11.1 Å². The van der Waals surface area contributed by atoms with Crippen molar-refractivity contribution in [3.05, 3.63) is 64.7 Å². The lowest BCUT2D eigenvalue weighted by molar-refractivity contribution is 0.00578. The highest BCUT2D eigenvalue weighted by molar-refractivity contribution is 7.11. The van der Waals surface area contributed by atoms with Crippen LogP contribution in [0.5, 0.6) is 0 Å². The molecule has 0 amide bonds. The van der Waals surface area contributed by atoms with E-state index in [9.17, 15) is 0 Å². The lowest BCUT2D eigenvalue weighted by Gasteiger charge is -2.32. The van der Waals surface area contributed by atoms with Crippen LogP contribution >= 0.6 is 11.6 Å². The molecule has 0 N–H and O–H groups in total. The average Bonchev–Trinajstić information content (AvgIpc) is 3.31. The minimum Gasteiger partial charge on any atom is -0.405 e. The smallest absolute Gasteiger partial charge is 0.405 e. The summed E-state index contributed by atoms with van der Waals surface area (Å²) < 4.78 is 35.8. The normalized spacial score (nSPS) is 24.0. The van der Waals surface area contributed by atoms with E-state index in [2.05, 4.69) is 58.9 Å². The molecule has 0 spiro atoms. The third-order valence-corrected chi connectivity index (χ3v) is 9.63. The van der Waals surface area contributed by atoms with E-state index in [-0.39, 0.29) is 40.7 Å². The highest BCUT2D eigenvalue weighted by Gasteiger charge is 2.63. The van der Waals surface area contributed by atoms with Gasteiger partial charge in [-0.2, -0.15) is 0 Å². The van der Waals surface area contributed by atoms with E-state index in [1.54, 1.807) is 0 Å². The number of hydrogen-bond donors (Lipinski definition) is 0. The molecule has 42 heavy (non-hydrogen) atoms. The molecule has 5 rings (SSSR count). The van der Waals surface area contributed by atoms with Crippen molar-refractivity contribution in [2.24, 2.45) is 0 Å². The molecule has 3 aliphatic rings. The monoisotopic (exact) mass is 598 g/mol. The maximum absolute atomic E-state index is 5.97. The van der Waals surface area contributed by atoms with Crippen LogP contribution in [-0.4, -0.2) is 54.7 Å². The average molecular weight is 599 g/mol. The molecule has 6 nitrogen and oxygen atoms in total. The van der Waals surface area contributed by atoms with Gasteiger partial charge in [-0.05, 0) is 115 Å². The molecule has 0 aromatic heterocycles. The molecule has 3 saturated heterocycles. The van der Waals surface area contributed by atoms with E-state index in [0.29, 0.717) is 0 Å². The van der Waals surface area contributed by atoms with Crippen molar-refractivity contribution < 1.29 is 27.9 Å². The van der Waals surface area contributed by atoms with Crippen molar-refractivity contribution >= 4 is 38.2 Å². The van der Waals surface area contributed by atoms with Crippen molar-refractivity contribution in [2.75, 3.05) is 0 Å². The Morgan fingerprint density at radius 1 is 0.429 bits per heavy atom. The maximum Gasteiger partial charge on any atom is 0.494 e. The van der Waals surface area contributed by atoms with E-state index < -0.39 is 14.0 Å². The van der Waals surface area contributed by atoms with Crippen LogP contribution in [0.25, 0.3) is 0 Å². The first-order chi connectivity index (χ1) is 19.0. The highest BCUT2D eigenvalue weighted by Crippen LogP contribution is 2.43. The summed E-state index contributed by atoms with van der Waals surface area (Å²) in [5.74, 6) is 0. The topological polar surface area (TPSA) is 55.4 Å². The van der Waals surface area contributed by atoms with Crippen molar-refractivity contribution in [1.29, 1.82) is 0 Å². The summed E-state index contributed by atoms with van der Waals surface area (Å²) in [4.78, 5) is 0. The largest absolute Gasteiger partial charge is 0.494 e. The van der Waals surface area contributed by atoms with Crippen molar-refractivity contribution in [3.63, 3.8) is 0 Å². The second kappa shape index (κ2) is 12.2. The molecule has 0 aliphatic carbocycles. The Bertz CT molecular complexity index is 1090. The Morgan fingerprint density at radius 3 is 0.976 bits per heavy atom. The van der Waals surface area contributed by atoms with Crippen LogP contribution < -0.4 is 5.46 Å². The van der Waals surface area contributed by atoms with Crippen molar-refractivity contribution in [3.8, 4) is 0 Å². The molecule has 0 bridgehead atoms. The molecule has 0 unspecified atom stereocenters. The third kappa shape index (κ3) is 7.84. The zero-order chi connectivity index (χ0) is 31.9. The summed E-state index contributed by atoms with van der Waals surface area (Å²) in [6.07, 6.45) is 0. The molecule has 2 aromatic rings. The van der Waals surface area contributed by atoms with Gasteiger partial charge in [-0.25, -0.2) is 0 Å². The molecule has 230 valence electrons. The minimum atomic E-state index is -0.476. The van der Waals surface area contributed by atoms with Crippen LogP contribution in [0.2, 0.25) is 5.02 Å². The second-order valence-electron chi connectivity index (χ2n) is 14.5. The lowest BCUT2D eigenvalue weighted by Crippen LogP contribution is -2.41. The van der Waals surface area contributed by atoms with Gasteiger partial charge in [-0.1, -0.05) is 59.1 Å². The fourth-order valence-electron chi connectivity index (χ4n) is 4.24. The Hall–Kier alpha value is -1.32. The van der Waals surface area contributed by atoms with Gasteiger partial charge in [-0.3, -0.25) is 0 Å². The summed E-state index contributed by atoms with van der Waals surface area (Å²) in [6, 6.07) is 16.0. The van der Waals surface area contributed by atoms with Gasteiger partial charge in [0.25, 0.3) is 0 Å². The number of hydrogen-bond acceptors (Lipinski definition) is 6. The molecular formula is C32H50B3ClO6. The Morgan fingerprint density at radius 2 is 0.690 bits per heavy atom. The summed E-state index contributed by atoms with van der Waals surface area (Å²) in [6.45, 7) is 28.6. The quantitative estimate of drug-likeness (QED) is 0.341. The maximum atomic E-state index is 5.97. The van der Waals surface area contributed by atoms with Crippen LogP contribution in [-0.2, 0) is 27.9 Å². The fourth-order valence-corrected chi connectivity index (χ4v) is 4.36. The molecule has 3 aliphatic heterocycles. The van der Waals surface area contributed by atoms with Gasteiger partial charge in [0, 0.05) is 5.02 Å². The first-order valence-electron chi connectivity index (χ1n) is 14.8. The number of aryl methyl sites for hydroxylation is 2. The van der Waals surface area contributed by atoms with Gasteiger partial charge in [0.2, 0.25) is 0 Å². The summed E-state index contributed by atoms with van der Waals surface area (Å²) in [5, 5.41) is 0.801. The van der Waals surface area contributed by atoms with Gasteiger partial charge < -0.3 is 27.9 Å².